The van der Waals surface area contributed by atoms with E-state index in [1.54, 1.807) is 18.3 Å². The molecule has 0 atom stereocenters. The Kier molecular flexibility index (Phi) is 4.32. The van der Waals surface area contributed by atoms with E-state index in [0.717, 1.165) is 18.5 Å². The van der Waals surface area contributed by atoms with Gasteiger partial charge < -0.3 is 9.80 Å². The third-order valence-corrected chi connectivity index (χ3v) is 3.81. The maximum Gasteiger partial charge on any atom is 0.417 e. The number of hydrogen-bond acceptors (Lipinski definition) is 5. The summed E-state index contributed by atoms with van der Waals surface area (Å²) in [6, 6.07) is 4.38. The molecule has 1 aliphatic rings. The number of amides is 1. The zero-order valence-corrected chi connectivity index (χ0v) is 12.6. The van der Waals surface area contributed by atoms with E-state index in [-0.39, 0.29) is 0 Å². The number of hydrogen-bond donors (Lipinski definition) is 0. The van der Waals surface area contributed by atoms with E-state index in [9.17, 15) is 18.0 Å². The number of pyridine rings is 1. The first-order valence-electron chi connectivity index (χ1n) is 7.30. The smallest absolute Gasteiger partial charge is 0.352 e. The summed E-state index contributed by atoms with van der Waals surface area (Å²) >= 11 is 0. The van der Waals surface area contributed by atoms with E-state index in [4.69, 9.17) is 0 Å². The van der Waals surface area contributed by atoms with Gasteiger partial charge in [-0.05, 0) is 18.2 Å². The third-order valence-electron chi connectivity index (χ3n) is 3.81. The van der Waals surface area contributed by atoms with E-state index < -0.39 is 23.2 Å². The first-order chi connectivity index (χ1) is 11.5. The van der Waals surface area contributed by atoms with Gasteiger partial charge in [0.1, 0.15) is 0 Å². The normalized spacial score (nSPS) is 15.5. The second-order valence-corrected chi connectivity index (χ2v) is 5.28. The van der Waals surface area contributed by atoms with Crippen LogP contribution < -0.4 is 4.90 Å². The zero-order valence-electron chi connectivity index (χ0n) is 12.6. The van der Waals surface area contributed by atoms with Gasteiger partial charge in [0.05, 0.1) is 11.1 Å². The van der Waals surface area contributed by atoms with Crippen molar-refractivity contribution in [2.24, 2.45) is 0 Å². The number of piperazine rings is 1. The van der Waals surface area contributed by atoms with Crippen LogP contribution in [0.15, 0.2) is 36.8 Å². The predicted octanol–water partition coefficient (Wildman–Crippen LogP) is 1.85. The number of carbonyl (C=O) groups is 1. The number of alkyl halides is 3. The number of halogens is 3. The molecule has 1 fully saturated rings. The number of anilines is 1. The van der Waals surface area contributed by atoms with Crippen LogP contribution in [0.3, 0.4) is 0 Å². The Hall–Kier alpha value is -2.71. The van der Waals surface area contributed by atoms with Crippen molar-refractivity contribution in [3.05, 3.63) is 47.9 Å². The van der Waals surface area contributed by atoms with Crippen LogP contribution >= 0.6 is 0 Å². The highest BCUT2D eigenvalue weighted by Gasteiger charge is 2.36. The lowest BCUT2D eigenvalue weighted by molar-refractivity contribution is -0.138. The van der Waals surface area contributed by atoms with Gasteiger partial charge in [-0.25, -0.2) is 0 Å². The summed E-state index contributed by atoms with van der Waals surface area (Å²) in [5.74, 6) is 0.0242. The minimum atomic E-state index is -4.59. The molecule has 2 aromatic heterocycles. The van der Waals surface area contributed by atoms with Crippen LogP contribution in [0.4, 0.5) is 19.0 Å². The van der Waals surface area contributed by atoms with Crippen molar-refractivity contribution >= 4 is 11.7 Å². The molecule has 0 N–H and O–H groups in total. The highest BCUT2D eigenvalue weighted by atomic mass is 19.4. The van der Waals surface area contributed by atoms with E-state index in [0.29, 0.717) is 32.0 Å². The van der Waals surface area contributed by atoms with Crippen LogP contribution in [0, 0.1) is 0 Å². The topological polar surface area (TPSA) is 62.2 Å². The minimum absolute atomic E-state index is 0.307. The molecule has 0 aliphatic carbocycles. The van der Waals surface area contributed by atoms with Crippen molar-refractivity contribution in [3.63, 3.8) is 0 Å². The molecule has 0 unspecified atom stereocenters. The molecule has 0 bridgehead atoms. The SMILES string of the molecule is O=C(c1cnccc1C(F)(F)F)N1CCN(c2cccnn2)CC1. The summed E-state index contributed by atoms with van der Waals surface area (Å²) < 4.78 is 39.1. The van der Waals surface area contributed by atoms with Crippen LogP contribution in [0.5, 0.6) is 0 Å². The van der Waals surface area contributed by atoms with Crippen molar-refractivity contribution in [2.75, 3.05) is 31.1 Å². The standard InChI is InChI=1S/C15H14F3N5O/c16-15(17,18)12-3-5-19-10-11(12)14(24)23-8-6-22(7-9-23)13-2-1-4-20-21-13/h1-5,10H,6-9H2. The molecule has 0 radical (unpaired) electrons. The fourth-order valence-electron chi connectivity index (χ4n) is 2.58. The Balaban J connectivity index is 1.72. The maximum atomic E-state index is 13.0. The van der Waals surface area contributed by atoms with Gasteiger partial charge in [0.25, 0.3) is 5.91 Å². The van der Waals surface area contributed by atoms with Gasteiger partial charge in [-0.15, -0.1) is 5.10 Å². The second kappa shape index (κ2) is 6.42. The summed E-state index contributed by atoms with van der Waals surface area (Å²) in [5.41, 5.74) is -1.38. The lowest BCUT2D eigenvalue weighted by atomic mass is 10.1. The number of aromatic nitrogens is 3. The largest absolute Gasteiger partial charge is 0.417 e. The summed E-state index contributed by atoms with van der Waals surface area (Å²) in [6.07, 6.45) is -1.02. The molecular formula is C15H14F3N5O. The molecule has 3 rings (SSSR count). The van der Waals surface area contributed by atoms with Gasteiger partial charge in [0, 0.05) is 44.8 Å². The summed E-state index contributed by atoms with van der Waals surface area (Å²) in [4.78, 5) is 19.4. The maximum absolute atomic E-state index is 13.0. The van der Waals surface area contributed by atoms with Crippen LogP contribution in [0.25, 0.3) is 0 Å². The molecule has 3 heterocycles. The van der Waals surface area contributed by atoms with Crippen molar-refractivity contribution in [1.82, 2.24) is 20.1 Å². The number of rotatable bonds is 2. The van der Waals surface area contributed by atoms with Gasteiger partial charge >= 0.3 is 6.18 Å². The van der Waals surface area contributed by atoms with Crippen LogP contribution in [-0.2, 0) is 6.18 Å². The van der Waals surface area contributed by atoms with Crippen molar-refractivity contribution in [2.45, 2.75) is 6.18 Å². The van der Waals surface area contributed by atoms with E-state index in [1.807, 2.05) is 4.90 Å². The summed E-state index contributed by atoms with van der Waals surface area (Å²) in [6.45, 7) is 1.57. The Bertz CT molecular complexity index is 715. The average Bonchev–Trinajstić information content (AvgIpc) is 2.61. The van der Waals surface area contributed by atoms with Crippen molar-refractivity contribution in [1.29, 1.82) is 0 Å². The zero-order chi connectivity index (χ0) is 17.2. The predicted molar refractivity (Wildman–Crippen MR) is 79.4 cm³/mol. The van der Waals surface area contributed by atoms with Gasteiger partial charge in [0.15, 0.2) is 5.82 Å². The van der Waals surface area contributed by atoms with E-state index in [2.05, 4.69) is 15.2 Å². The van der Waals surface area contributed by atoms with E-state index in [1.165, 1.54) is 4.90 Å². The molecule has 1 aliphatic heterocycles. The summed E-state index contributed by atoms with van der Waals surface area (Å²) in [5, 5.41) is 7.79. The molecule has 2 aromatic rings. The lowest BCUT2D eigenvalue weighted by Gasteiger charge is -2.35. The lowest BCUT2D eigenvalue weighted by Crippen LogP contribution is -2.49. The molecule has 6 nitrogen and oxygen atoms in total. The first-order valence-corrected chi connectivity index (χ1v) is 7.30. The fourth-order valence-corrected chi connectivity index (χ4v) is 2.58. The molecule has 0 spiro atoms. The molecule has 126 valence electrons. The molecule has 1 saturated heterocycles. The fraction of sp³-hybridized carbons (Fsp3) is 0.333. The number of nitrogens with zero attached hydrogens (tertiary/aromatic N) is 5. The molecule has 0 aromatic carbocycles. The van der Waals surface area contributed by atoms with Crippen LogP contribution in [-0.4, -0.2) is 52.2 Å². The van der Waals surface area contributed by atoms with Crippen LogP contribution in [0.1, 0.15) is 15.9 Å². The minimum Gasteiger partial charge on any atom is -0.352 e. The van der Waals surface area contributed by atoms with Gasteiger partial charge in [0.2, 0.25) is 0 Å². The van der Waals surface area contributed by atoms with Crippen LogP contribution in [0.2, 0.25) is 0 Å². The molecule has 1 amide bonds. The number of carbonyl (C=O) groups excluding carboxylic acids is 1. The molecular weight excluding hydrogens is 323 g/mol. The van der Waals surface area contributed by atoms with Gasteiger partial charge in [-0.2, -0.15) is 18.3 Å². The van der Waals surface area contributed by atoms with Crippen molar-refractivity contribution < 1.29 is 18.0 Å². The third kappa shape index (κ3) is 3.29. The van der Waals surface area contributed by atoms with Crippen molar-refractivity contribution in [3.8, 4) is 0 Å². The van der Waals surface area contributed by atoms with E-state index >= 15 is 0 Å². The monoisotopic (exact) mass is 337 g/mol. The quantitative estimate of drug-likeness (QED) is 0.837. The molecule has 24 heavy (non-hydrogen) atoms. The summed E-state index contributed by atoms with van der Waals surface area (Å²) in [7, 11) is 0. The van der Waals surface area contributed by atoms with Gasteiger partial charge in [-0.1, -0.05) is 0 Å². The molecule has 9 heteroatoms. The molecule has 0 saturated carbocycles. The van der Waals surface area contributed by atoms with Gasteiger partial charge in [-0.3, -0.25) is 9.78 Å². The Morgan fingerprint density at radius 2 is 1.83 bits per heavy atom. The highest BCUT2D eigenvalue weighted by Crippen LogP contribution is 2.32. The Labute approximate surface area is 135 Å². The first kappa shape index (κ1) is 16.2. The second-order valence-electron chi connectivity index (χ2n) is 5.28. The average molecular weight is 337 g/mol. The Morgan fingerprint density at radius 1 is 1.08 bits per heavy atom. The highest BCUT2D eigenvalue weighted by molar-refractivity contribution is 5.95. The Morgan fingerprint density at radius 3 is 2.46 bits per heavy atom.